The fraction of sp³-hybridized carbons (Fsp3) is 0.333. The molecule has 2 aromatic heterocycles. The molecule has 156 valence electrons. The first-order chi connectivity index (χ1) is 14.1. The highest BCUT2D eigenvalue weighted by Gasteiger charge is 2.43. The third-order valence-corrected chi connectivity index (χ3v) is 5.12. The first-order valence-electron chi connectivity index (χ1n) is 9.35. The van der Waals surface area contributed by atoms with E-state index >= 15 is 0 Å². The Bertz CT molecular complexity index is 1110. The van der Waals surface area contributed by atoms with Gasteiger partial charge in [-0.1, -0.05) is 18.2 Å². The number of para-hydroxylation sites is 1. The molecule has 4 rings (SSSR count). The van der Waals surface area contributed by atoms with Crippen LogP contribution in [-0.2, 0) is 21.3 Å². The summed E-state index contributed by atoms with van der Waals surface area (Å²) in [5.41, 5.74) is 0.791. The Morgan fingerprint density at radius 1 is 1.17 bits per heavy atom. The third kappa shape index (κ3) is 3.49. The maximum absolute atomic E-state index is 12.9. The van der Waals surface area contributed by atoms with Crippen LogP contribution in [0.2, 0.25) is 0 Å². The smallest absolute Gasteiger partial charge is 0.353 e. The van der Waals surface area contributed by atoms with E-state index in [1.165, 1.54) is 6.07 Å². The average molecular weight is 416 g/mol. The van der Waals surface area contributed by atoms with Crippen molar-refractivity contribution < 1.29 is 22.7 Å². The number of carbonyl (C=O) groups is 1. The van der Waals surface area contributed by atoms with E-state index in [2.05, 4.69) is 20.5 Å². The lowest BCUT2D eigenvalue weighted by molar-refractivity contribution is -0.142. The molecular formula is C21H19F3N4O2. The summed E-state index contributed by atoms with van der Waals surface area (Å²) < 4.78 is 44.0. The molecule has 9 heteroatoms. The van der Waals surface area contributed by atoms with Crippen LogP contribution in [-0.4, -0.2) is 21.1 Å². The maximum atomic E-state index is 12.9. The van der Waals surface area contributed by atoms with E-state index in [-0.39, 0.29) is 5.69 Å². The van der Waals surface area contributed by atoms with Gasteiger partial charge in [-0.15, -0.1) is 5.10 Å². The fourth-order valence-electron chi connectivity index (χ4n) is 3.73. The van der Waals surface area contributed by atoms with E-state index in [4.69, 9.17) is 4.74 Å². The summed E-state index contributed by atoms with van der Waals surface area (Å²) in [4.78, 5) is 17.4. The summed E-state index contributed by atoms with van der Waals surface area (Å²) in [5.74, 6) is -0.423. The Kier molecular flexibility index (Phi) is 4.73. The summed E-state index contributed by atoms with van der Waals surface area (Å²) in [6.07, 6.45) is -3.82. The highest BCUT2D eigenvalue weighted by molar-refractivity contribution is 5.89. The molecule has 1 aliphatic rings. The number of halogens is 3. The van der Waals surface area contributed by atoms with Gasteiger partial charge in [0.25, 0.3) is 5.91 Å². The molecule has 1 aliphatic heterocycles. The Hall–Kier alpha value is -3.07. The van der Waals surface area contributed by atoms with Gasteiger partial charge in [0.1, 0.15) is 0 Å². The lowest BCUT2D eigenvalue weighted by Gasteiger charge is -2.22. The lowest BCUT2D eigenvalue weighted by atomic mass is 9.91. The molecular weight excluding hydrogens is 397 g/mol. The molecule has 0 saturated heterocycles. The third-order valence-electron chi connectivity index (χ3n) is 5.12. The van der Waals surface area contributed by atoms with E-state index < -0.39 is 35.5 Å². The summed E-state index contributed by atoms with van der Waals surface area (Å²) in [5, 5.41) is 10.5. The molecule has 0 aliphatic carbocycles. The monoisotopic (exact) mass is 416 g/mol. The highest BCUT2D eigenvalue weighted by Crippen LogP contribution is 2.46. The van der Waals surface area contributed by atoms with Gasteiger partial charge in [-0.25, -0.2) is 0 Å². The number of ether oxygens (including phenoxy) is 1. The van der Waals surface area contributed by atoms with Crippen molar-refractivity contribution >= 4 is 16.8 Å². The van der Waals surface area contributed by atoms with Crippen molar-refractivity contribution in [1.29, 1.82) is 0 Å². The Morgan fingerprint density at radius 3 is 2.57 bits per heavy atom. The number of hydrogen-bond donors (Lipinski definition) is 1. The number of hydrogen-bond acceptors (Lipinski definition) is 5. The zero-order valence-electron chi connectivity index (χ0n) is 16.5. The van der Waals surface area contributed by atoms with Gasteiger partial charge in [-0.3, -0.25) is 9.78 Å². The fourth-order valence-corrected chi connectivity index (χ4v) is 3.73. The van der Waals surface area contributed by atoms with Crippen LogP contribution in [0.4, 0.5) is 13.2 Å². The van der Waals surface area contributed by atoms with Gasteiger partial charge < -0.3 is 10.1 Å². The van der Waals surface area contributed by atoms with E-state index in [0.29, 0.717) is 5.56 Å². The van der Waals surface area contributed by atoms with Crippen molar-refractivity contribution in [2.75, 3.05) is 0 Å². The molecule has 0 saturated carbocycles. The van der Waals surface area contributed by atoms with Crippen LogP contribution < -0.4 is 5.32 Å². The summed E-state index contributed by atoms with van der Waals surface area (Å²) >= 11 is 0. The SMILES string of the molecule is C[C@@H](NC(=O)C1OC(C)(C)c2c1cnc1ccccc21)c1ccc(C(F)(F)F)nn1. The Balaban J connectivity index is 1.59. The Labute approximate surface area is 170 Å². The first kappa shape index (κ1) is 20.2. The van der Waals surface area contributed by atoms with Crippen LogP contribution in [0.25, 0.3) is 10.9 Å². The van der Waals surface area contributed by atoms with E-state index in [9.17, 15) is 18.0 Å². The normalized spacial score (nSPS) is 18.8. The zero-order chi connectivity index (χ0) is 21.7. The van der Waals surface area contributed by atoms with Gasteiger partial charge in [-0.05, 0) is 39.0 Å². The van der Waals surface area contributed by atoms with Crippen molar-refractivity contribution in [2.24, 2.45) is 0 Å². The number of fused-ring (bicyclic) bond motifs is 3. The average Bonchev–Trinajstić information content (AvgIpc) is 2.99. The minimum atomic E-state index is -4.57. The molecule has 1 N–H and O–H groups in total. The molecule has 1 aromatic carbocycles. The molecule has 0 radical (unpaired) electrons. The number of benzene rings is 1. The maximum Gasteiger partial charge on any atom is 0.435 e. The zero-order valence-corrected chi connectivity index (χ0v) is 16.5. The minimum absolute atomic E-state index is 0.213. The number of rotatable bonds is 3. The second kappa shape index (κ2) is 7.02. The van der Waals surface area contributed by atoms with Gasteiger partial charge >= 0.3 is 6.18 Å². The minimum Gasteiger partial charge on any atom is -0.353 e. The lowest BCUT2D eigenvalue weighted by Crippen LogP contribution is -2.33. The van der Waals surface area contributed by atoms with Gasteiger partial charge in [0.15, 0.2) is 11.8 Å². The number of alkyl halides is 3. The predicted octanol–water partition coefficient (Wildman–Crippen LogP) is 4.23. The number of amides is 1. The van der Waals surface area contributed by atoms with Gasteiger partial charge in [0, 0.05) is 22.7 Å². The highest BCUT2D eigenvalue weighted by atomic mass is 19.4. The molecule has 0 bridgehead atoms. The van der Waals surface area contributed by atoms with Gasteiger partial charge in [0.2, 0.25) is 0 Å². The molecule has 6 nitrogen and oxygen atoms in total. The van der Waals surface area contributed by atoms with E-state index in [1.54, 1.807) is 13.1 Å². The molecule has 3 aromatic rings. The molecule has 2 atom stereocenters. The summed E-state index contributed by atoms with van der Waals surface area (Å²) in [7, 11) is 0. The van der Waals surface area contributed by atoms with Crippen molar-refractivity contribution in [3.05, 3.63) is 65.1 Å². The summed E-state index contributed by atoms with van der Waals surface area (Å²) in [6, 6.07) is 9.00. The van der Waals surface area contributed by atoms with Crippen molar-refractivity contribution in [2.45, 2.75) is 44.7 Å². The number of carbonyl (C=O) groups excluding carboxylic acids is 1. The second-order valence-corrected chi connectivity index (χ2v) is 7.69. The van der Waals surface area contributed by atoms with Gasteiger partial charge in [-0.2, -0.15) is 18.3 Å². The van der Waals surface area contributed by atoms with Crippen LogP contribution >= 0.6 is 0 Å². The number of aromatic nitrogens is 3. The van der Waals surface area contributed by atoms with Crippen molar-refractivity contribution in [3.63, 3.8) is 0 Å². The molecule has 0 fully saturated rings. The molecule has 30 heavy (non-hydrogen) atoms. The number of nitrogens with zero attached hydrogens (tertiary/aromatic N) is 3. The molecule has 0 spiro atoms. The molecule has 3 heterocycles. The standard InChI is InChI=1S/C21H19F3N4O2/c1-11(14-8-9-16(28-27-14)21(22,23)24)26-19(29)18-13-10-25-15-7-5-4-6-12(15)17(13)20(2,3)30-18/h4-11,18H,1-3H3,(H,26,29)/t11-,18?/m1/s1. The molecule has 1 unspecified atom stereocenters. The van der Waals surface area contributed by atoms with Crippen LogP contribution in [0.1, 0.15) is 55.4 Å². The van der Waals surface area contributed by atoms with Crippen LogP contribution in [0, 0.1) is 0 Å². The van der Waals surface area contributed by atoms with Gasteiger partial charge in [0.05, 0.1) is 22.9 Å². The predicted molar refractivity (Wildman–Crippen MR) is 102 cm³/mol. The summed E-state index contributed by atoms with van der Waals surface area (Å²) in [6.45, 7) is 5.39. The second-order valence-electron chi connectivity index (χ2n) is 7.69. The number of pyridine rings is 1. The topological polar surface area (TPSA) is 77.0 Å². The van der Waals surface area contributed by atoms with E-state index in [1.807, 2.05) is 38.1 Å². The van der Waals surface area contributed by atoms with Crippen LogP contribution in [0.5, 0.6) is 0 Å². The van der Waals surface area contributed by atoms with Crippen LogP contribution in [0.3, 0.4) is 0 Å². The van der Waals surface area contributed by atoms with E-state index in [0.717, 1.165) is 22.5 Å². The Morgan fingerprint density at radius 2 is 1.90 bits per heavy atom. The molecule has 1 amide bonds. The number of nitrogens with one attached hydrogen (secondary N) is 1. The first-order valence-corrected chi connectivity index (χ1v) is 9.35. The largest absolute Gasteiger partial charge is 0.435 e. The quantitative estimate of drug-likeness (QED) is 0.692. The van der Waals surface area contributed by atoms with Crippen molar-refractivity contribution in [3.8, 4) is 0 Å². The van der Waals surface area contributed by atoms with Crippen molar-refractivity contribution in [1.82, 2.24) is 20.5 Å². The van der Waals surface area contributed by atoms with Crippen LogP contribution in [0.15, 0.2) is 42.6 Å².